The largest absolute Gasteiger partial charge is 0.450 e. The van der Waals surface area contributed by atoms with Gasteiger partial charge in [-0.25, -0.2) is 4.79 Å². The summed E-state index contributed by atoms with van der Waals surface area (Å²) in [7, 11) is 4.02. The number of carbonyl (C=O) groups is 1. The Bertz CT molecular complexity index is 413. The van der Waals surface area contributed by atoms with Crippen LogP contribution in [0.25, 0.3) is 0 Å². The van der Waals surface area contributed by atoms with Crippen LogP contribution in [0.5, 0.6) is 0 Å². The third-order valence-electron chi connectivity index (χ3n) is 4.59. The van der Waals surface area contributed by atoms with Gasteiger partial charge in [-0.1, -0.05) is 0 Å². The molecule has 7 nitrogen and oxygen atoms in total. The van der Waals surface area contributed by atoms with Crippen LogP contribution in [-0.2, 0) is 4.74 Å². The van der Waals surface area contributed by atoms with Crippen LogP contribution >= 0.6 is 24.0 Å². The van der Waals surface area contributed by atoms with Crippen LogP contribution in [-0.4, -0.2) is 93.3 Å². The molecule has 0 aromatic carbocycles. The molecule has 1 atom stereocenters. The SMILES string of the molecule is CCOC(=O)N1CCN(C(=NC)NCC2CCCN(C)C2)CC1.I. The number of piperidine rings is 1. The van der Waals surface area contributed by atoms with Crippen molar-refractivity contribution in [3.8, 4) is 0 Å². The number of ether oxygens (including phenoxy) is 1. The van der Waals surface area contributed by atoms with Crippen LogP contribution in [0.15, 0.2) is 4.99 Å². The number of nitrogens with zero attached hydrogens (tertiary/aromatic N) is 4. The zero-order valence-corrected chi connectivity index (χ0v) is 17.5. The summed E-state index contributed by atoms with van der Waals surface area (Å²) in [4.78, 5) is 22.5. The number of halogens is 1. The molecule has 2 aliphatic heterocycles. The Kier molecular flexibility index (Phi) is 9.72. The van der Waals surface area contributed by atoms with E-state index in [9.17, 15) is 4.79 Å². The summed E-state index contributed by atoms with van der Waals surface area (Å²) in [5.74, 6) is 1.63. The Balaban J connectivity index is 0.00000288. The molecule has 0 spiro atoms. The van der Waals surface area contributed by atoms with E-state index in [0.29, 0.717) is 25.6 Å². The number of aliphatic imine (C=N–C) groups is 1. The minimum atomic E-state index is -0.208. The van der Waals surface area contributed by atoms with E-state index in [1.807, 2.05) is 14.0 Å². The molecule has 0 saturated carbocycles. The fourth-order valence-corrected chi connectivity index (χ4v) is 3.32. The second-order valence-electron chi connectivity index (χ2n) is 6.37. The average Bonchev–Trinajstić information content (AvgIpc) is 2.56. The van der Waals surface area contributed by atoms with Gasteiger partial charge in [-0.3, -0.25) is 4.99 Å². The van der Waals surface area contributed by atoms with Gasteiger partial charge in [0.15, 0.2) is 5.96 Å². The number of likely N-dealkylation sites (tertiary alicyclic amines) is 1. The molecule has 0 radical (unpaired) electrons. The zero-order valence-electron chi connectivity index (χ0n) is 15.2. The maximum absolute atomic E-state index is 11.7. The lowest BCUT2D eigenvalue weighted by Gasteiger charge is -2.37. The monoisotopic (exact) mass is 453 g/mol. The smallest absolute Gasteiger partial charge is 0.409 e. The average molecular weight is 453 g/mol. The van der Waals surface area contributed by atoms with E-state index in [4.69, 9.17) is 4.74 Å². The van der Waals surface area contributed by atoms with E-state index in [2.05, 4.69) is 27.2 Å². The van der Waals surface area contributed by atoms with Crippen LogP contribution in [0.1, 0.15) is 19.8 Å². The van der Waals surface area contributed by atoms with E-state index in [-0.39, 0.29) is 30.1 Å². The van der Waals surface area contributed by atoms with Crippen molar-refractivity contribution in [3.63, 3.8) is 0 Å². The summed E-state index contributed by atoms with van der Waals surface area (Å²) in [6.07, 6.45) is 2.35. The Morgan fingerprint density at radius 3 is 2.46 bits per heavy atom. The summed E-state index contributed by atoms with van der Waals surface area (Å²) in [5.41, 5.74) is 0. The molecule has 24 heavy (non-hydrogen) atoms. The van der Waals surface area contributed by atoms with Crippen molar-refractivity contribution < 1.29 is 9.53 Å². The van der Waals surface area contributed by atoms with Crippen molar-refractivity contribution >= 4 is 36.0 Å². The molecule has 1 unspecified atom stereocenters. The standard InChI is InChI=1S/C16H31N5O2.HI/c1-4-23-16(22)21-10-8-20(9-11-21)15(17-2)18-12-14-6-5-7-19(3)13-14;/h14H,4-13H2,1-3H3,(H,17,18);1H. The maximum Gasteiger partial charge on any atom is 0.409 e. The summed E-state index contributed by atoms with van der Waals surface area (Å²) < 4.78 is 5.06. The van der Waals surface area contributed by atoms with Crippen LogP contribution in [0.3, 0.4) is 0 Å². The molecule has 2 fully saturated rings. The van der Waals surface area contributed by atoms with Gasteiger partial charge in [0.25, 0.3) is 0 Å². The van der Waals surface area contributed by atoms with Gasteiger partial charge in [-0.15, -0.1) is 24.0 Å². The zero-order chi connectivity index (χ0) is 16.7. The normalized spacial score (nSPS) is 22.8. The second-order valence-corrected chi connectivity index (χ2v) is 6.37. The van der Waals surface area contributed by atoms with Crippen molar-refractivity contribution in [2.75, 3.05) is 66.5 Å². The van der Waals surface area contributed by atoms with Gasteiger partial charge in [-0.05, 0) is 39.3 Å². The van der Waals surface area contributed by atoms with Crippen molar-refractivity contribution in [2.45, 2.75) is 19.8 Å². The third-order valence-corrected chi connectivity index (χ3v) is 4.59. The highest BCUT2D eigenvalue weighted by atomic mass is 127. The number of rotatable bonds is 3. The molecular weight excluding hydrogens is 421 g/mol. The number of piperazine rings is 1. The van der Waals surface area contributed by atoms with Gasteiger partial charge in [-0.2, -0.15) is 0 Å². The molecule has 0 aromatic heterocycles. The minimum absolute atomic E-state index is 0. The highest BCUT2D eigenvalue weighted by Crippen LogP contribution is 2.14. The Morgan fingerprint density at radius 1 is 1.21 bits per heavy atom. The minimum Gasteiger partial charge on any atom is -0.450 e. The molecule has 8 heteroatoms. The molecule has 2 saturated heterocycles. The predicted molar refractivity (Wildman–Crippen MR) is 107 cm³/mol. The summed E-state index contributed by atoms with van der Waals surface area (Å²) in [6, 6.07) is 0. The summed E-state index contributed by atoms with van der Waals surface area (Å²) in [5, 5.41) is 3.51. The first-order valence-corrected chi connectivity index (χ1v) is 8.69. The van der Waals surface area contributed by atoms with Crippen molar-refractivity contribution in [1.29, 1.82) is 0 Å². The number of hydrogen-bond acceptors (Lipinski definition) is 4. The Labute approximate surface area is 162 Å². The number of guanidine groups is 1. The van der Waals surface area contributed by atoms with Crippen LogP contribution in [0.2, 0.25) is 0 Å². The first-order valence-electron chi connectivity index (χ1n) is 8.69. The number of hydrogen-bond donors (Lipinski definition) is 1. The van der Waals surface area contributed by atoms with Gasteiger partial charge in [0, 0.05) is 46.3 Å². The number of carbonyl (C=O) groups excluding carboxylic acids is 1. The molecule has 2 rings (SSSR count). The lowest BCUT2D eigenvalue weighted by atomic mass is 9.98. The van der Waals surface area contributed by atoms with Crippen LogP contribution in [0, 0.1) is 5.92 Å². The quantitative estimate of drug-likeness (QED) is 0.397. The molecule has 2 aliphatic rings. The maximum atomic E-state index is 11.7. The fraction of sp³-hybridized carbons (Fsp3) is 0.875. The summed E-state index contributed by atoms with van der Waals surface area (Å²) in [6.45, 7) is 8.56. The highest BCUT2D eigenvalue weighted by Gasteiger charge is 2.24. The van der Waals surface area contributed by atoms with Gasteiger partial charge in [0.2, 0.25) is 0 Å². The molecule has 0 bridgehead atoms. The molecule has 1 N–H and O–H groups in total. The highest BCUT2D eigenvalue weighted by molar-refractivity contribution is 14.0. The second kappa shape index (κ2) is 11.0. The van der Waals surface area contributed by atoms with Crippen LogP contribution in [0.4, 0.5) is 4.79 Å². The van der Waals surface area contributed by atoms with Crippen molar-refractivity contribution in [1.82, 2.24) is 20.0 Å². The molecule has 2 heterocycles. The molecule has 0 aliphatic carbocycles. The van der Waals surface area contributed by atoms with Gasteiger partial charge >= 0.3 is 6.09 Å². The van der Waals surface area contributed by atoms with Crippen molar-refractivity contribution in [2.24, 2.45) is 10.9 Å². The lowest BCUT2D eigenvalue weighted by Crippen LogP contribution is -2.54. The number of nitrogens with one attached hydrogen (secondary N) is 1. The topological polar surface area (TPSA) is 60.4 Å². The molecular formula is C16H32IN5O2. The number of amides is 1. The van der Waals surface area contributed by atoms with Gasteiger partial charge in [0.05, 0.1) is 6.61 Å². The predicted octanol–water partition coefficient (Wildman–Crippen LogP) is 1.30. The van der Waals surface area contributed by atoms with E-state index in [0.717, 1.165) is 32.1 Å². The van der Waals surface area contributed by atoms with E-state index in [1.165, 1.54) is 19.4 Å². The molecule has 140 valence electrons. The third kappa shape index (κ3) is 6.27. The van der Waals surface area contributed by atoms with Gasteiger partial charge in [0.1, 0.15) is 0 Å². The Hall–Kier alpha value is -0.770. The van der Waals surface area contributed by atoms with Gasteiger partial charge < -0.3 is 24.8 Å². The van der Waals surface area contributed by atoms with Crippen LogP contribution < -0.4 is 5.32 Å². The lowest BCUT2D eigenvalue weighted by molar-refractivity contribution is 0.0913. The summed E-state index contributed by atoms with van der Waals surface area (Å²) >= 11 is 0. The van der Waals surface area contributed by atoms with E-state index >= 15 is 0 Å². The van der Waals surface area contributed by atoms with E-state index in [1.54, 1.807) is 4.90 Å². The first-order chi connectivity index (χ1) is 11.1. The van der Waals surface area contributed by atoms with E-state index < -0.39 is 0 Å². The molecule has 1 amide bonds. The first kappa shape index (κ1) is 21.3. The fourth-order valence-electron chi connectivity index (χ4n) is 3.32. The van der Waals surface area contributed by atoms with Crippen molar-refractivity contribution in [3.05, 3.63) is 0 Å². The Morgan fingerprint density at radius 2 is 1.88 bits per heavy atom. The molecule has 0 aromatic rings.